The predicted molar refractivity (Wildman–Crippen MR) is 128 cm³/mol. The summed E-state index contributed by atoms with van der Waals surface area (Å²) in [6.45, 7) is 0. The molecule has 0 radical (unpaired) electrons. The number of hydrogen-bond acceptors (Lipinski definition) is 4. The molecular weight excluding hydrogens is 656 g/mol. The van der Waals surface area contributed by atoms with Gasteiger partial charge in [-0.3, -0.25) is 0 Å². The molecule has 2 N–H and O–H groups in total. The molecule has 6 rings (SSSR count). The van der Waals surface area contributed by atoms with Crippen molar-refractivity contribution in [1.29, 1.82) is 0 Å². The van der Waals surface area contributed by atoms with Gasteiger partial charge >= 0.3 is 55.4 Å². The third kappa shape index (κ3) is 5.04. The fourth-order valence-electron chi connectivity index (χ4n) is 4.04. The Kier molecular flexibility index (Phi) is 10.1. The monoisotopic (exact) mass is 670 g/mol. The topological polar surface area (TPSA) is 65.2 Å². The molecule has 2 aliphatic rings. The van der Waals surface area contributed by atoms with E-state index in [0.717, 1.165) is 44.5 Å². The molecule has 0 amide bonds. The van der Waals surface area contributed by atoms with Crippen LogP contribution in [0.3, 0.4) is 0 Å². The molecule has 0 spiro atoms. The standard InChI is InChI=1S/2C13H8NO.2ClH.2Pd/c2*15-14-13-11-7-3-1-5-9(11)10-6-2-4-8-12(10)13;;;;/h2*1-7,15H;2*1H;;/q2*-1;;;2*+2/p-2/b2*14-13+;;;;. The van der Waals surface area contributed by atoms with Crippen molar-refractivity contribution >= 4 is 30.5 Å². The van der Waals surface area contributed by atoms with Gasteiger partial charge in [0.25, 0.3) is 0 Å². The van der Waals surface area contributed by atoms with Crippen LogP contribution < -0.4 is 0 Å². The molecular formula is C26H16Cl2N2O2Pd2. The van der Waals surface area contributed by atoms with Crippen molar-refractivity contribution in [2.45, 2.75) is 0 Å². The summed E-state index contributed by atoms with van der Waals surface area (Å²) in [5, 5.41) is 24.8. The molecule has 2 aliphatic carbocycles. The van der Waals surface area contributed by atoms with Crippen LogP contribution in [-0.2, 0) is 36.4 Å². The molecule has 34 heavy (non-hydrogen) atoms. The van der Waals surface area contributed by atoms with Crippen molar-refractivity contribution < 1.29 is 46.8 Å². The third-order valence-corrected chi connectivity index (χ3v) is 5.33. The van der Waals surface area contributed by atoms with Gasteiger partial charge in [-0.25, -0.2) is 0 Å². The summed E-state index contributed by atoms with van der Waals surface area (Å²) in [6.07, 6.45) is 0. The van der Waals surface area contributed by atoms with Crippen LogP contribution >= 0.6 is 19.1 Å². The first-order valence-corrected chi connectivity index (χ1v) is 13.7. The van der Waals surface area contributed by atoms with E-state index < -0.39 is 0 Å². The minimum absolute atomic E-state index is 0.612. The van der Waals surface area contributed by atoms with Crippen LogP contribution in [0.2, 0.25) is 0 Å². The number of halogens is 2. The second kappa shape index (κ2) is 13.0. The van der Waals surface area contributed by atoms with Gasteiger partial charge in [0.15, 0.2) is 0 Å². The number of oxime groups is 2. The van der Waals surface area contributed by atoms with Crippen molar-refractivity contribution in [3.8, 4) is 22.3 Å². The second-order valence-corrected chi connectivity index (χ2v) is 6.91. The van der Waals surface area contributed by atoms with Gasteiger partial charge in [-0.1, -0.05) is 70.8 Å². The van der Waals surface area contributed by atoms with Crippen molar-refractivity contribution in [3.05, 3.63) is 119 Å². The molecule has 0 fully saturated rings. The van der Waals surface area contributed by atoms with Crippen molar-refractivity contribution in [1.82, 2.24) is 0 Å². The molecule has 0 heterocycles. The van der Waals surface area contributed by atoms with Crippen LogP contribution in [0.25, 0.3) is 22.3 Å². The van der Waals surface area contributed by atoms with E-state index in [-0.39, 0.29) is 0 Å². The molecule has 0 saturated carbocycles. The Morgan fingerprint density at radius 3 is 1.18 bits per heavy atom. The summed E-state index contributed by atoms with van der Waals surface area (Å²) >= 11 is 4.44. The number of benzene rings is 4. The molecule has 0 atom stereocenters. The van der Waals surface area contributed by atoms with Crippen LogP contribution in [0.5, 0.6) is 0 Å². The summed E-state index contributed by atoms with van der Waals surface area (Å²) in [4.78, 5) is 0. The van der Waals surface area contributed by atoms with E-state index in [1.807, 2.05) is 84.9 Å². The zero-order valence-corrected chi connectivity index (χ0v) is 21.9. The van der Waals surface area contributed by atoms with E-state index in [2.05, 4.69) is 77.9 Å². The van der Waals surface area contributed by atoms with Crippen LogP contribution in [0, 0.1) is 12.1 Å². The molecule has 176 valence electrons. The summed E-state index contributed by atoms with van der Waals surface area (Å²) < 4.78 is 0. The SMILES string of the molecule is O/N=C1/c2[c-]cccc2-c2ccccc21.O/N=C1/c2[c-]cccc2-c2ccccc21.[Cl][Pd+].[Cl][Pd+]. The Morgan fingerprint density at radius 1 is 0.500 bits per heavy atom. The molecule has 0 saturated heterocycles. The predicted octanol–water partition coefficient (Wildman–Crippen LogP) is 6.76. The summed E-state index contributed by atoms with van der Waals surface area (Å²) in [5.74, 6) is 0. The average Bonchev–Trinajstić information content (AvgIpc) is 3.44. The van der Waals surface area contributed by atoms with Gasteiger partial charge in [0.05, 0.1) is 0 Å². The summed E-state index contributed by atoms with van der Waals surface area (Å²) in [7, 11) is 8.98. The van der Waals surface area contributed by atoms with E-state index in [1.54, 1.807) is 0 Å². The number of fused-ring (bicyclic) bond motifs is 6. The van der Waals surface area contributed by atoms with Crippen LogP contribution in [0.4, 0.5) is 0 Å². The van der Waals surface area contributed by atoms with Crippen LogP contribution in [0.1, 0.15) is 22.3 Å². The normalized spacial score (nSPS) is 13.7. The fraction of sp³-hybridized carbons (Fsp3) is 0. The quantitative estimate of drug-likeness (QED) is 0.0812. The third-order valence-electron chi connectivity index (χ3n) is 5.33. The van der Waals surface area contributed by atoms with E-state index in [4.69, 9.17) is 10.4 Å². The Morgan fingerprint density at radius 2 is 0.824 bits per heavy atom. The molecule has 0 unspecified atom stereocenters. The summed E-state index contributed by atoms with van der Waals surface area (Å²) in [5.41, 5.74) is 9.30. The van der Waals surface area contributed by atoms with E-state index >= 15 is 0 Å². The minimum atomic E-state index is 0.612. The van der Waals surface area contributed by atoms with Crippen molar-refractivity contribution in [3.63, 3.8) is 0 Å². The van der Waals surface area contributed by atoms with E-state index in [0.29, 0.717) is 11.4 Å². The van der Waals surface area contributed by atoms with Gasteiger partial charge in [-0.05, 0) is 11.1 Å². The van der Waals surface area contributed by atoms with Gasteiger partial charge in [0, 0.05) is 11.4 Å². The molecule has 0 aliphatic heterocycles. The summed E-state index contributed by atoms with van der Waals surface area (Å²) in [6, 6.07) is 33.6. The van der Waals surface area contributed by atoms with Crippen molar-refractivity contribution in [2.24, 2.45) is 10.3 Å². The second-order valence-electron chi connectivity index (χ2n) is 6.91. The molecule has 4 nitrogen and oxygen atoms in total. The van der Waals surface area contributed by atoms with Crippen LogP contribution in [0.15, 0.2) is 95.2 Å². The van der Waals surface area contributed by atoms with Gasteiger partial charge in [0.1, 0.15) is 0 Å². The number of nitrogens with zero attached hydrogens (tertiary/aromatic N) is 2. The van der Waals surface area contributed by atoms with E-state index in [1.165, 1.54) is 0 Å². The number of hydrogen-bond donors (Lipinski definition) is 2. The van der Waals surface area contributed by atoms with E-state index in [9.17, 15) is 0 Å². The first kappa shape index (κ1) is 26.3. The van der Waals surface area contributed by atoms with Gasteiger partial charge in [-0.2, -0.15) is 0 Å². The zero-order valence-electron chi connectivity index (χ0n) is 17.3. The maximum atomic E-state index is 9.03. The van der Waals surface area contributed by atoms with Crippen molar-refractivity contribution in [2.75, 3.05) is 0 Å². The van der Waals surface area contributed by atoms with Gasteiger partial charge < -0.3 is 10.4 Å². The molecule has 4 aromatic carbocycles. The Hall–Kier alpha value is -2.28. The maximum absolute atomic E-state index is 9.03. The first-order chi connectivity index (χ1) is 16.8. The zero-order chi connectivity index (χ0) is 24.5. The Bertz CT molecular complexity index is 1150. The van der Waals surface area contributed by atoms with Gasteiger partial charge in [-0.15, -0.1) is 70.0 Å². The average molecular weight is 672 g/mol. The molecule has 8 heteroatoms. The number of rotatable bonds is 0. The van der Waals surface area contributed by atoms with Gasteiger partial charge in [0.2, 0.25) is 0 Å². The Labute approximate surface area is 227 Å². The Balaban J connectivity index is 0.000000167. The molecule has 0 aromatic heterocycles. The molecule has 0 bridgehead atoms. The molecule has 4 aromatic rings. The van der Waals surface area contributed by atoms with Crippen LogP contribution in [-0.4, -0.2) is 21.8 Å². The first-order valence-electron chi connectivity index (χ1n) is 9.73. The fourth-order valence-corrected chi connectivity index (χ4v) is 4.04.